The van der Waals surface area contributed by atoms with Gasteiger partial charge in [-0.05, 0) is 45.0 Å². The van der Waals surface area contributed by atoms with Crippen LogP contribution in [-0.4, -0.2) is 57.7 Å². The number of sulfonamides is 1. The largest absolute Gasteiger partial charge is 0.372 e. The van der Waals surface area contributed by atoms with Crippen molar-refractivity contribution in [3.05, 3.63) is 24.3 Å². The van der Waals surface area contributed by atoms with E-state index in [1.54, 1.807) is 11.2 Å². The van der Waals surface area contributed by atoms with Crippen molar-refractivity contribution in [3.63, 3.8) is 0 Å². The van der Waals surface area contributed by atoms with Gasteiger partial charge in [-0.2, -0.15) is 4.31 Å². The van der Waals surface area contributed by atoms with Crippen LogP contribution in [0.25, 0.3) is 0 Å². The Balaban J connectivity index is 2.00. The number of hydrogen-bond acceptors (Lipinski definition) is 4. The molecule has 0 aromatic heterocycles. The zero-order valence-electron chi connectivity index (χ0n) is 13.8. The molecule has 1 aliphatic rings. The summed E-state index contributed by atoms with van der Waals surface area (Å²) >= 11 is 0. The van der Waals surface area contributed by atoms with Gasteiger partial charge >= 0.3 is 0 Å². The molecule has 124 valence electrons. The van der Waals surface area contributed by atoms with E-state index in [2.05, 4.69) is 47.9 Å². The fourth-order valence-electron chi connectivity index (χ4n) is 2.87. The Bertz CT molecular complexity index is 560. The second kappa shape index (κ2) is 7.33. The standard InChI is InChI=1S/C16H27N3O2S/c1-4-17(5-2)15-7-9-16(10-8-15)18-11-13-19(14-12-18)22(20,21)6-3/h7-10H,4-6,11-14H2,1-3H3. The first kappa shape index (κ1) is 17.1. The molecule has 6 heteroatoms. The zero-order valence-corrected chi connectivity index (χ0v) is 14.6. The first-order chi connectivity index (χ1) is 10.5. The molecule has 0 aliphatic carbocycles. The average molecular weight is 325 g/mol. The van der Waals surface area contributed by atoms with Gasteiger partial charge in [-0.3, -0.25) is 0 Å². The molecule has 0 bridgehead atoms. The minimum atomic E-state index is -3.05. The average Bonchev–Trinajstić information content (AvgIpc) is 2.57. The van der Waals surface area contributed by atoms with E-state index in [0.29, 0.717) is 13.1 Å². The van der Waals surface area contributed by atoms with Crippen molar-refractivity contribution in [1.29, 1.82) is 0 Å². The van der Waals surface area contributed by atoms with Crippen LogP contribution in [0.4, 0.5) is 11.4 Å². The molecule has 1 aromatic carbocycles. The van der Waals surface area contributed by atoms with Crippen LogP contribution >= 0.6 is 0 Å². The van der Waals surface area contributed by atoms with Gasteiger partial charge in [0.2, 0.25) is 10.0 Å². The summed E-state index contributed by atoms with van der Waals surface area (Å²) in [5.41, 5.74) is 2.41. The zero-order chi connectivity index (χ0) is 16.2. The Morgan fingerprint density at radius 1 is 0.955 bits per heavy atom. The summed E-state index contributed by atoms with van der Waals surface area (Å²) in [5.74, 6) is 0.186. The smallest absolute Gasteiger partial charge is 0.213 e. The van der Waals surface area contributed by atoms with Crippen LogP contribution in [0.2, 0.25) is 0 Å². The van der Waals surface area contributed by atoms with E-state index in [1.807, 2.05) is 0 Å². The highest BCUT2D eigenvalue weighted by molar-refractivity contribution is 7.89. The summed E-state index contributed by atoms with van der Waals surface area (Å²) in [4.78, 5) is 4.57. The van der Waals surface area contributed by atoms with Gasteiger partial charge in [-0.15, -0.1) is 0 Å². The fourth-order valence-corrected chi connectivity index (χ4v) is 3.95. The van der Waals surface area contributed by atoms with E-state index in [9.17, 15) is 8.42 Å². The highest BCUT2D eigenvalue weighted by Gasteiger charge is 2.25. The molecule has 1 aromatic rings. The molecule has 0 N–H and O–H groups in total. The van der Waals surface area contributed by atoms with Gasteiger partial charge in [0.1, 0.15) is 0 Å². The molecule has 22 heavy (non-hydrogen) atoms. The minimum absolute atomic E-state index is 0.186. The Morgan fingerprint density at radius 3 is 1.95 bits per heavy atom. The van der Waals surface area contributed by atoms with Gasteiger partial charge in [0.05, 0.1) is 5.75 Å². The van der Waals surface area contributed by atoms with Crippen LogP contribution in [-0.2, 0) is 10.0 Å². The Kier molecular flexibility index (Phi) is 5.69. The van der Waals surface area contributed by atoms with Crippen molar-refractivity contribution in [2.24, 2.45) is 0 Å². The molecule has 0 atom stereocenters. The van der Waals surface area contributed by atoms with E-state index in [0.717, 1.165) is 26.2 Å². The predicted octanol–water partition coefficient (Wildman–Crippen LogP) is 2.00. The third-order valence-electron chi connectivity index (χ3n) is 4.34. The number of rotatable bonds is 6. The Labute approximate surface area is 134 Å². The topological polar surface area (TPSA) is 43.9 Å². The number of piperazine rings is 1. The third-order valence-corrected chi connectivity index (χ3v) is 6.22. The maximum Gasteiger partial charge on any atom is 0.213 e. The summed E-state index contributed by atoms with van der Waals surface area (Å²) in [6.07, 6.45) is 0. The highest BCUT2D eigenvalue weighted by Crippen LogP contribution is 2.22. The monoisotopic (exact) mass is 325 g/mol. The molecule has 5 nitrogen and oxygen atoms in total. The van der Waals surface area contributed by atoms with E-state index < -0.39 is 10.0 Å². The Hall–Kier alpha value is -1.27. The van der Waals surface area contributed by atoms with Gasteiger partial charge in [-0.25, -0.2) is 8.42 Å². The van der Waals surface area contributed by atoms with Crippen LogP contribution in [0.3, 0.4) is 0 Å². The summed E-state index contributed by atoms with van der Waals surface area (Å²) in [5, 5.41) is 0. The van der Waals surface area contributed by atoms with Crippen molar-refractivity contribution < 1.29 is 8.42 Å². The van der Waals surface area contributed by atoms with Crippen molar-refractivity contribution >= 4 is 21.4 Å². The van der Waals surface area contributed by atoms with E-state index in [-0.39, 0.29) is 5.75 Å². The predicted molar refractivity (Wildman–Crippen MR) is 93.2 cm³/mol. The molecule has 1 fully saturated rings. The van der Waals surface area contributed by atoms with Gasteiger partial charge in [0, 0.05) is 50.6 Å². The quantitative estimate of drug-likeness (QED) is 0.802. The lowest BCUT2D eigenvalue weighted by molar-refractivity contribution is 0.385. The number of nitrogens with zero attached hydrogens (tertiary/aromatic N) is 3. The van der Waals surface area contributed by atoms with E-state index >= 15 is 0 Å². The second-order valence-corrected chi connectivity index (χ2v) is 7.73. The van der Waals surface area contributed by atoms with Gasteiger partial charge in [0.15, 0.2) is 0 Å². The van der Waals surface area contributed by atoms with Crippen LogP contribution in [0, 0.1) is 0 Å². The summed E-state index contributed by atoms with van der Waals surface area (Å²) in [6, 6.07) is 8.57. The van der Waals surface area contributed by atoms with Gasteiger partial charge < -0.3 is 9.80 Å². The SMILES string of the molecule is CCN(CC)c1ccc(N2CCN(S(=O)(=O)CC)CC2)cc1. The number of benzene rings is 1. The molecule has 0 radical (unpaired) electrons. The molecule has 0 saturated carbocycles. The molecular formula is C16H27N3O2S. The summed E-state index contributed by atoms with van der Waals surface area (Å²) in [7, 11) is -3.05. The van der Waals surface area contributed by atoms with Crippen LogP contribution in [0.5, 0.6) is 0 Å². The maximum absolute atomic E-state index is 11.9. The molecule has 2 rings (SSSR count). The molecule has 0 spiro atoms. The van der Waals surface area contributed by atoms with E-state index in [1.165, 1.54) is 11.4 Å². The van der Waals surface area contributed by atoms with Gasteiger partial charge in [-0.1, -0.05) is 0 Å². The highest BCUT2D eigenvalue weighted by atomic mass is 32.2. The molecule has 1 saturated heterocycles. The molecule has 1 aliphatic heterocycles. The maximum atomic E-state index is 11.9. The van der Waals surface area contributed by atoms with Crippen LogP contribution in [0.1, 0.15) is 20.8 Å². The van der Waals surface area contributed by atoms with Crippen molar-refractivity contribution in [2.75, 3.05) is 54.8 Å². The third kappa shape index (κ3) is 3.73. The second-order valence-electron chi connectivity index (χ2n) is 5.48. The lowest BCUT2D eigenvalue weighted by Gasteiger charge is -2.35. The number of hydrogen-bond donors (Lipinski definition) is 0. The van der Waals surface area contributed by atoms with Gasteiger partial charge in [0.25, 0.3) is 0 Å². The number of anilines is 2. The normalized spacial score (nSPS) is 16.8. The molecular weight excluding hydrogens is 298 g/mol. The molecule has 1 heterocycles. The summed E-state index contributed by atoms with van der Waals surface area (Å²) in [6.45, 7) is 10.7. The van der Waals surface area contributed by atoms with Crippen molar-refractivity contribution in [1.82, 2.24) is 4.31 Å². The Morgan fingerprint density at radius 2 is 1.50 bits per heavy atom. The first-order valence-corrected chi connectivity index (χ1v) is 9.70. The summed E-state index contributed by atoms with van der Waals surface area (Å²) < 4.78 is 25.4. The molecule has 0 amide bonds. The lowest BCUT2D eigenvalue weighted by atomic mass is 10.2. The fraction of sp³-hybridized carbons (Fsp3) is 0.625. The molecule has 0 unspecified atom stereocenters. The minimum Gasteiger partial charge on any atom is -0.372 e. The van der Waals surface area contributed by atoms with Crippen LogP contribution < -0.4 is 9.80 Å². The van der Waals surface area contributed by atoms with Crippen molar-refractivity contribution in [3.8, 4) is 0 Å². The van der Waals surface area contributed by atoms with Crippen LogP contribution in [0.15, 0.2) is 24.3 Å². The van der Waals surface area contributed by atoms with Crippen molar-refractivity contribution in [2.45, 2.75) is 20.8 Å². The van der Waals surface area contributed by atoms with E-state index in [4.69, 9.17) is 0 Å². The lowest BCUT2D eigenvalue weighted by Crippen LogP contribution is -2.49. The first-order valence-electron chi connectivity index (χ1n) is 8.09.